The van der Waals surface area contributed by atoms with Gasteiger partial charge in [-0.1, -0.05) is 25.1 Å². The van der Waals surface area contributed by atoms with Gasteiger partial charge >= 0.3 is 0 Å². The van der Waals surface area contributed by atoms with E-state index in [4.69, 9.17) is 9.26 Å². The van der Waals surface area contributed by atoms with Gasteiger partial charge in [-0.25, -0.2) is 26.9 Å². The number of amides is 1. The molecule has 8 nitrogen and oxygen atoms in total. The van der Waals surface area contributed by atoms with E-state index in [0.717, 1.165) is 4.90 Å². The number of benzene rings is 1. The van der Waals surface area contributed by atoms with E-state index in [1.54, 1.807) is 6.07 Å². The molecule has 1 aliphatic carbocycles. The molecule has 0 radical (unpaired) electrons. The molecule has 1 N–H and O–H groups in total. The third-order valence-electron chi connectivity index (χ3n) is 9.08. The largest absolute Gasteiger partial charge is 0.381 e. The maximum absolute atomic E-state index is 16.4. The Morgan fingerprint density at radius 1 is 1.05 bits per heavy atom. The zero-order valence-electron chi connectivity index (χ0n) is 23.6. The van der Waals surface area contributed by atoms with Crippen molar-refractivity contribution in [1.82, 2.24) is 25.0 Å². The van der Waals surface area contributed by atoms with E-state index in [2.05, 4.69) is 20.1 Å². The first-order chi connectivity index (χ1) is 19.9. The molecule has 0 unspecified atom stereocenters. The Labute approximate surface area is 239 Å². The van der Waals surface area contributed by atoms with Crippen LogP contribution >= 0.6 is 0 Å². The molecule has 13 heteroatoms. The second-order valence-corrected chi connectivity index (χ2v) is 12.4. The van der Waals surface area contributed by atoms with Crippen LogP contribution in [0.4, 0.5) is 22.0 Å². The molecule has 3 fully saturated rings. The van der Waals surface area contributed by atoms with Crippen molar-refractivity contribution >= 4 is 16.9 Å². The van der Waals surface area contributed by atoms with Crippen molar-refractivity contribution in [2.45, 2.75) is 87.9 Å². The van der Waals surface area contributed by atoms with Crippen molar-refractivity contribution in [1.29, 1.82) is 0 Å². The molecule has 1 amide bonds. The number of aromatic nitrogens is 4. The number of likely N-dealkylation sites (tertiary alicyclic amines) is 1. The summed E-state index contributed by atoms with van der Waals surface area (Å²) >= 11 is 0. The Balaban J connectivity index is 1.36. The number of ether oxygens (including phenoxy) is 1. The summed E-state index contributed by atoms with van der Waals surface area (Å²) in [6.07, 6.45) is 0.594. The molecule has 1 atom stereocenters. The van der Waals surface area contributed by atoms with Gasteiger partial charge in [-0.2, -0.15) is 4.98 Å². The van der Waals surface area contributed by atoms with Gasteiger partial charge in [0.2, 0.25) is 17.7 Å². The Morgan fingerprint density at radius 3 is 2.36 bits per heavy atom. The van der Waals surface area contributed by atoms with Crippen LogP contribution in [0.1, 0.15) is 87.3 Å². The van der Waals surface area contributed by atoms with Crippen LogP contribution in [0.5, 0.6) is 0 Å². The number of carbonyl (C=O) groups is 1. The smallest absolute Gasteiger partial charge is 0.282 e. The highest BCUT2D eigenvalue weighted by atomic mass is 19.3. The Bertz CT molecular complexity index is 1450. The molecule has 2 saturated heterocycles. The fourth-order valence-electron chi connectivity index (χ4n) is 6.62. The third-order valence-corrected chi connectivity index (χ3v) is 9.08. The standard InChI is InChI=1S/C29H34F5N5O3/c1-16(2)25-36-21(38-42-25)13-18(17-5-7-28(31,32)8-6-17)24-35-20-4-3-19(22(30)23(20)37-24)27(9-11-41-12-10-27)26(40)39-14-29(33,34)15-39/h3-4,16-18H,5-15H2,1-2H3,(H,35,37)/t18-/m0/s1. The zero-order valence-corrected chi connectivity index (χ0v) is 23.6. The molecule has 1 saturated carbocycles. The number of hydrogen-bond acceptors (Lipinski definition) is 6. The number of H-pyrrole nitrogens is 1. The Hall–Kier alpha value is -3.09. The third kappa shape index (κ3) is 5.28. The highest BCUT2D eigenvalue weighted by molar-refractivity contribution is 5.91. The van der Waals surface area contributed by atoms with Gasteiger partial charge in [0.25, 0.3) is 5.92 Å². The number of rotatable bonds is 7. The molecular weight excluding hydrogens is 561 g/mol. The molecule has 6 rings (SSSR count). The molecule has 228 valence electrons. The van der Waals surface area contributed by atoms with Crippen LogP contribution in [-0.2, 0) is 21.4 Å². The molecule has 3 aliphatic rings. The van der Waals surface area contributed by atoms with E-state index in [1.807, 2.05) is 13.8 Å². The highest BCUT2D eigenvalue weighted by Crippen LogP contribution is 2.45. The molecule has 2 aliphatic heterocycles. The summed E-state index contributed by atoms with van der Waals surface area (Å²) in [5.74, 6) is -6.18. The number of hydrogen-bond donors (Lipinski definition) is 1. The number of nitrogens with one attached hydrogen (secondary N) is 1. The Kier molecular flexibility index (Phi) is 7.30. The second kappa shape index (κ2) is 10.6. The summed E-state index contributed by atoms with van der Waals surface area (Å²) in [7, 11) is 0. The first kappa shape index (κ1) is 29.0. The van der Waals surface area contributed by atoms with E-state index >= 15 is 4.39 Å². The summed E-state index contributed by atoms with van der Waals surface area (Å²) in [4.78, 5) is 26.9. The van der Waals surface area contributed by atoms with Crippen LogP contribution in [0.2, 0.25) is 0 Å². The second-order valence-electron chi connectivity index (χ2n) is 12.4. The predicted octanol–water partition coefficient (Wildman–Crippen LogP) is 5.89. The predicted molar refractivity (Wildman–Crippen MR) is 141 cm³/mol. The minimum absolute atomic E-state index is 0.0113. The van der Waals surface area contributed by atoms with Crippen molar-refractivity contribution < 1.29 is 36.0 Å². The van der Waals surface area contributed by atoms with E-state index < -0.39 is 48.0 Å². The van der Waals surface area contributed by atoms with Gasteiger partial charge in [-0.3, -0.25) is 4.79 Å². The van der Waals surface area contributed by atoms with Gasteiger partial charge in [-0.05, 0) is 37.7 Å². The summed E-state index contributed by atoms with van der Waals surface area (Å²) in [5, 5.41) is 4.08. The maximum Gasteiger partial charge on any atom is 0.282 e. The monoisotopic (exact) mass is 595 g/mol. The SMILES string of the molecule is CC(C)c1nc(C[C@H](c2nc3c(F)c(C4(C(=O)N5CC(F)(F)C5)CCOCC4)ccc3[nH]2)C2CCC(F)(F)CC2)no1. The number of fused-ring (bicyclic) bond motifs is 1. The minimum Gasteiger partial charge on any atom is -0.381 e. The molecule has 2 aromatic heterocycles. The average Bonchev–Trinajstić information content (AvgIpc) is 3.59. The van der Waals surface area contributed by atoms with Crippen LogP contribution in [0.3, 0.4) is 0 Å². The lowest BCUT2D eigenvalue weighted by Crippen LogP contribution is -2.63. The Morgan fingerprint density at radius 2 is 1.74 bits per heavy atom. The number of imidazole rings is 1. The fraction of sp³-hybridized carbons (Fsp3) is 0.655. The van der Waals surface area contributed by atoms with Gasteiger partial charge in [0.1, 0.15) is 11.3 Å². The van der Waals surface area contributed by atoms with Crippen molar-refractivity contribution in [2.75, 3.05) is 26.3 Å². The van der Waals surface area contributed by atoms with Gasteiger partial charge in [0, 0.05) is 49.9 Å². The van der Waals surface area contributed by atoms with E-state index in [9.17, 15) is 22.4 Å². The first-order valence-electron chi connectivity index (χ1n) is 14.5. The molecule has 3 aromatic rings. The number of carbonyl (C=O) groups excluding carboxylic acids is 1. The molecule has 4 heterocycles. The van der Waals surface area contributed by atoms with Crippen molar-refractivity contribution in [3.8, 4) is 0 Å². The summed E-state index contributed by atoms with van der Waals surface area (Å²) < 4.78 is 82.5. The van der Waals surface area contributed by atoms with Crippen LogP contribution in [0.25, 0.3) is 11.0 Å². The van der Waals surface area contributed by atoms with Crippen LogP contribution in [-0.4, -0.2) is 69.1 Å². The van der Waals surface area contributed by atoms with Crippen molar-refractivity contribution in [2.24, 2.45) is 5.92 Å². The van der Waals surface area contributed by atoms with Crippen LogP contribution < -0.4 is 0 Å². The van der Waals surface area contributed by atoms with Gasteiger partial charge in [-0.15, -0.1) is 0 Å². The van der Waals surface area contributed by atoms with E-state index in [1.165, 1.54) is 6.07 Å². The van der Waals surface area contributed by atoms with Gasteiger partial charge in [0.05, 0.1) is 24.0 Å². The zero-order chi connectivity index (χ0) is 29.9. The summed E-state index contributed by atoms with van der Waals surface area (Å²) in [5.41, 5.74) is -0.848. The highest BCUT2D eigenvalue weighted by Gasteiger charge is 2.54. The molecular formula is C29H34F5N5O3. The number of aromatic amines is 1. The van der Waals surface area contributed by atoms with Gasteiger partial charge < -0.3 is 19.1 Å². The van der Waals surface area contributed by atoms with E-state index in [0.29, 0.717) is 23.1 Å². The molecule has 42 heavy (non-hydrogen) atoms. The minimum atomic E-state index is -2.95. The quantitative estimate of drug-likeness (QED) is 0.343. The van der Waals surface area contributed by atoms with Crippen molar-refractivity contribution in [3.05, 3.63) is 41.1 Å². The topological polar surface area (TPSA) is 97.1 Å². The van der Waals surface area contributed by atoms with Gasteiger partial charge in [0.15, 0.2) is 11.6 Å². The lowest BCUT2D eigenvalue weighted by molar-refractivity contribution is -0.174. The number of nitrogens with zero attached hydrogens (tertiary/aromatic N) is 4. The first-order valence-corrected chi connectivity index (χ1v) is 14.5. The number of halogens is 5. The average molecular weight is 596 g/mol. The summed E-state index contributed by atoms with van der Waals surface area (Å²) in [6, 6.07) is 3.15. The lowest BCUT2D eigenvalue weighted by Gasteiger charge is -2.46. The van der Waals surface area contributed by atoms with Crippen molar-refractivity contribution in [3.63, 3.8) is 0 Å². The fourth-order valence-corrected chi connectivity index (χ4v) is 6.62. The maximum atomic E-state index is 16.4. The number of alkyl halides is 4. The van der Waals surface area contributed by atoms with E-state index in [-0.39, 0.29) is 81.1 Å². The summed E-state index contributed by atoms with van der Waals surface area (Å²) in [6.45, 7) is 2.83. The molecule has 0 bridgehead atoms. The normalized spacial score (nSPS) is 22.8. The van der Waals surface area contributed by atoms with Crippen LogP contribution in [0, 0.1) is 11.7 Å². The molecule has 0 spiro atoms. The lowest BCUT2D eigenvalue weighted by atomic mass is 9.72. The van der Waals surface area contributed by atoms with Crippen LogP contribution in [0.15, 0.2) is 16.7 Å². The molecule has 1 aromatic carbocycles.